The van der Waals surface area contributed by atoms with Crippen molar-refractivity contribution in [2.75, 3.05) is 0 Å². The van der Waals surface area contributed by atoms with Crippen LogP contribution < -0.4 is 0 Å². The van der Waals surface area contributed by atoms with Crippen LogP contribution in [0, 0.1) is 0 Å². The Morgan fingerprint density at radius 3 is 2.09 bits per heavy atom. The Morgan fingerprint density at radius 1 is 0.913 bits per heavy atom. The highest BCUT2D eigenvalue weighted by atomic mass is 29.3. The van der Waals surface area contributed by atoms with E-state index in [0.717, 1.165) is 0 Å². The minimum Gasteiger partial charge on any atom is -0.417 e. The summed E-state index contributed by atoms with van der Waals surface area (Å²) in [6, 6.07) is 7.24. The van der Waals surface area contributed by atoms with E-state index in [9.17, 15) is 0 Å². The molecule has 0 aromatic carbocycles. The predicted molar refractivity (Wildman–Crippen MR) is 110 cm³/mol. The van der Waals surface area contributed by atoms with E-state index < -0.39 is 15.4 Å². The Hall–Kier alpha value is 0.134. The molecule has 0 aliphatic carbocycles. The summed E-state index contributed by atoms with van der Waals surface area (Å²) in [5.41, 5.74) is 0. The number of allylic oxidation sites excluding steroid dienone is 1. The zero-order valence-electron chi connectivity index (χ0n) is 16.5. The first-order chi connectivity index (χ1) is 11.1. The van der Waals surface area contributed by atoms with E-state index in [-0.39, 0.29) is 0 Å². The first-order valence-electron chi connectivity index (χ1n) is 10.4. The molecule has 1 aliphatic rings. The monoisotopic (exact) mass is 354 g/mol. The van der Waals surface area contributed by atoms with Gasteiger partial charge in [0.15, 0.2) is 7.83 Å². The maximum atomic E-state index is 7.00. The number of unbranched alkanes of at least 4 members (excludes halogenated alkanes) is 5. The molecule has 0 bridgehead atoms. The molecular weight excluding hydrogens is 312 g/mol. The molecule has 0 saturated carbocycles. The third-order valence-electron chi connectivity index (χ3n) is 6.73. The summed E-state index contributed by atoms with van der Waals surface area (Å²) in [7, 11) is -2.55. The zero-order chi connectivity index (χ0) is 17.2. The van der Waals surface area contributed by atoms with Gasteiger partial charge in [0.2, 0.25) is 0 Å². The normalized spacial score (nSPS) is 22.9. The molecule has 1 rings (SSSR count). The fourth-order valence-corrected chi connectivity index (χ4v) is 23.7. The summed E-state index contributed by atoms with van der Waals surface area (Å²) in [4.78, 5) is 0. The quantitative estimate of drug-likeness (QED) is 0.204. The second kappa shape index (κ2) is 10.9. The molecule has 0 aromatic heterocycles. The number of hydrogen-bond donors (Lipinski definition) is 0. The Balaban J connectivity index is 2.45. The summed E-state index contributed by atoms with van der Waals surface area (Å²) in [5, 5.41) is 0. The van der Waals surface area contributed by atoms with E-state index in [1.165, 1.54) is 75.5 Å². The fourth-order valence-electron chi connectivity index (χ4n) is 4.98. The molecule has 1 heterocycles. The maximum absolute atomic E-state index is 7.00. The Labute approximate surface area is 148 Å². The molecule has 1 saturated heterocycles. The second-order valence-electron chi connectivity index (χ2n) is 7.60. The topological polar surface area (TPSA) is 9.23 Å². The van der Waals surface area contributed by atoms with E-state index in [0.29, 0.717) is 6.10 Å². The van der Waals surface area contributed by atoms with Crippen LogP contribution in [0.5, 0.6) is 0 Å². The second-order valence-corrected chi connectivity index (χ2v) is 21.6. The van der Waals surface area contributed by atoms with Crippen molar-refractivity contribution in [1.82, 2.24) is 0 Å². The van der Waals surface area contributed by atoms with Gasteiger partial charge in [-0.15, -0.1) is 6.58 Å². The van der Waals surface area contributed by atoms with Crippen molar-refractivity contribution >= 4 is 15.4 Å². The average molecular weight is 355 g/mol. The van der Waals surface area contributed by atoms with Crippen LogP contribution in [-0.2, 0) is 4.43 Å². The van der Waals surface area contributed by atoms with E-state index >= 15 is 0 Å². The van der Waals surface area contributed by atoms with Gasteiger partial charge in [0.05, 0.1) is 7.59 Å². The zero-order valence-corrected chi connectivity index (χ0v) is 18.5. The van der Waals surface area contributed by atoms with Crippen LogP contribution in [0.15, 0.2) is 12.7 Å². The fraction of sp³-hybridized carbons (Fsp3) is 0.900. The molecule has 0 radical (unpaired) electrons. The first-order valence-corrected chi connectivity index (χ1v) is 16.4. The van der Waals surface area contributed by atoms with Crippen LogP contribution in [0.2, 0.25) is 30.2 Å². The van der Waals surface area contributed by atoms with Gasteiger partial charge in [0, 0.05) is 6.10 Å². The molecule has 0 amide bonds. The third-order valence-corrected chi connectivity index (χ3v) is 26.8. The summed E-state index contributed by atoms with van der Waals surface area (Å²) >= 11 is 0. The standard InChI is InChI=1S/C20H42OSi2/c1-6-11-12-13-14-15-16-17-20-18-19-22(7-2,8-3)23(9-4,10-5)21-20/h6,20H,1,7-19H2,2-5H3. The minimum absolute atomic E-state index is 0.605. The van der Waals surface area contributed by atoms with E-state index in [2.05, 4.69) is 34.3 Å². The van der Waals surface area contributed by atoms with Crippen molar-refractivity contribution in [2.24, 2.45) is 0 Å². The predicted octanol–water partition coefficient (Wildman–Crippen LogP) is 7.24. The molecule has 0 aromatic rings. The van der Waals surface area contributed by atoms with Crippen molar-refractivity contribution in [2.45, 2.75) is 115 Å². The summed E-state index contributed by atoms with van der Waals surface area (Å²) in [5.74, 6) is 0. The molecular formula is C20H42OSi2. The molecule has 0 spiro atoms. The van der Waals surface area contributed by atoms with Gasteiger partial charge in [0.1, 0.15) is 0 Å². The molecule has 1 nitrogen and oxygen atoms in total. The molecule has 1 aliphatic heterocycles. The highest BCUT2D eigenvalue weighted by Crippen LogP contribution is 2.44. The molecule has 0 N–H and O–H groups in total. The molecule has 1 fully saturated rings. The Kier molecular flexibility index (Phi) is 10.0. The van der Waals surface area contributed by atoms with E-state index in [4.69, 9.17) is 4.43 Å². The average Bonchev–Trinajstić information content (AvgIpc) is 2.60. The van der Waals surface area contributed by atoms with Gasteiger partial charge in [0.25, 0.3) is 0 Å². The highest BCUT2D eigenvalue weighted by molar-refractivity contribution is 7.40. The lowest BCUT2D eigenvalue weighted by molar-refractivity contribution is 0.166. The Bertz CT molecular complexity index is 322. The highest BCUT2D eigenvalue weighted by Gasteiger charge is 2.55. The van der Waals surface area contributed by atoms with Gasteiger partial charge in [-0.25, -0.2) is 0 Å². The van der Waals surface area contributed by atoms with Crippen LogP contribution in [0.3, 0.4) is 0 Å². The van der Waals surface area contributed by atoms with Crippen molar-refractivity contribution in [3.05, 3.63) is 12.7 Å². The van der Waals surface area contributed by atoms with Crippen LogP contribution in [0.25, 0.3) is 0 Å². The maximum Gasteiger partial charge on any atom is 0.180 e. The van der Waals surface area contributed by atoms with Crippen molar-refractivity contribution in [1.29, 1.82) is 0 Å². The summed E-state index contributed by atoms with van der Waals surface area (Å²) in [6.45, 7) is 13.6. The Morgan fingerprint density at radius 2 is 1.52 bits per heavy atom. The van der Waals surface area contributed by atoms with Crippen LogP contribution >= 0.6 is 0 Å². The molecule has 3 heteroatoms. The van der Waals surface area contributed by atoms with E-state index in [1.54, 1.807) is 6.04 Å². The molecule has 23 heavy (non-hydrogen) atoms. The van der Waals surface area contributed by atoms with Crippen molar-refractivity contribution in [3.8, 4) is 0 Å². The van der Waals surface area contributed by atoms with Gasteiger partial charge in [-0.1, -0.05) is 77.6 Å². The lowest BCUT2D eigenvalue weighted by Gasteiger charge is -2.52. The lowest BCUT2D eigenvalue weighted by Crippen LogP contribution is -2.67. The summed E-state index contributed by atoms with van der Waals surface area (Å²) in [6.07, 6.45) is 13.4. The number of rotatable bonds is 12. The van der Waals surface area contributed by atoms with Gasteiger partial charge >= 0.3 is 0 Å². The first kappa shape index (κ1) is 21.2. The van der Waals surface area contributed by atoms with E-state index in [1.807, 2.05) is 6.08 Å². The van der Waals surface area contributed by atoms with Gasteiger partial charge in [-0.2, -0.15) is 0 Å². The molecule has 136 valence electrons. The van der Waals surface area contributed by atoms with Gasteiger partial charge in [-0.05, 0) is 37.8 Å². The van der Waals surface area contributed by atoms with Crippen LogP contribution in [0.4, 0.5) is 0 Å². The number of hydrogen-bond acceptors (Lipinski definition) is 1. The van der Waals surface area contributed by atoms with Crippen molar-refractivity contribution in [3.63, 3.8) is 0 Å². The van der Waals surface area contributed by atoms with Gasteiger partial charge in [-0.3, -0.25) is 0 Å². The van der Waals surface area contributed by atoms with Crippen LogP contribution in [-0.4, -0.2) is 21.5 Å². The summed E-state index contributed by atoms with van der Waals surface area (Å²) < 4.78 is 7.00. The smallest absolute Gasteiger partial charge is 0.180 e. The molecule has 1 unspecified atom stereocenters. The molecule has 1 atom stereocenters. The van der Waals surface area contributed by atoms with Crippen molar-refractivity contribution < 1.29 is 4.43 Å². The third kappa shape index (κ3) is 5.30. The van der Waals surface area contributed by atoms with Crippen LogP contribution in [0.1, 0.15) is 79.1 Å². The minimum atomic E-state index is -1.43. The lowest BCUT2D eigenvalue weighted by atomic mass is 10.1. The SMILES string of the molecule is C=CCCCCCCCC1CC[Si](CC)(CC)[Si](CC)(CC)O1. The van der Waals surface area contributed by atoms with Gasteiger partial charge < -0.3 is 4.43 Å². The largest absolute Gasteiger partial charge is 0.417 e.